The summed E-state index contributed by atoms with van der Waals surface area (Å²) in [6, 6.07) is 0. The summed E-state index contributed by atoms with van der Waals surface area (Å²) in [7, 11) is 0. The quantitative estimate of drug-likeness (QED) is 0.780. The second-order valence-corrected chi connectivity index (χ2v) is 6.63. The van der Waals surface area contributed by atoms with Crippen LogP contribution in [0.15, 0.2) is 4.52 Å². The topological polar surface area (TPSA) is 86.5 Å². The first-order valence-corrected chi connectivity index (χ1v) is 9.10. The maximum absolute atomic E-state index is 11.7. The summed E-state index contributed by atoms with van der Waals surface area (Å²) in [5.41, 5.74) is 0. The molecule has 1 N–H and O–H groups in total. The molecule has 1 aromatic heterocycles. The van der Waals surface area contributed by atoms with E-state index in [-0.39, 0.29) is 18.6 Å². The van der Waals surface area contributed by atoms with Crippen LogP contribution in [0, 0.1) is 0 Å². The lowest BCUT2D eigenvalue weighted by Gasteiger charge is -2.22. The fraction of sp³-hybridized carbons (Fsp3) is 0.824. The van der Waals surface area contributed by atoms with Crippen LogP contribution in [0.5, 0.6) is 0 Å². The van der Waals surface area contributed by atoms with Crippen molar-refractivity contribution in [2.45, 2.75) is 63.4 Å². The average Bonchev–Trinajstić information content (AvgIpc) is 3.27. The monoisotopic (exact) mass is 337 g/mol. The van der Waals surface area contributed by atoms with Gasteiger partial charge in [0.2, 0.25) is 11.8 Å². The van der Waals surface area contributed by atoms with E-state index in [9.17, 15) is 4.79 Å². The summed E-state index contributed by atoms with van der Waals surface area (Å²) in [4.78, 5) is 16.2. The van der Waals surface area contributed by atoms with Gasteiger partial charge in [0.1, 0.15) is 6.61 Å². The maximum Gasteiger partial charge on any atom is 0.246 e. The number of hydrogen-bond donors (Lipinski definition) is 1. The molecular formula is C17H27N3O4. The Morgan fingerprint density at radius 3 is 2.83 bits per heavy atom. The summed E-state index contributed by atoms with van der Waals surface area (Å²) in [5, 5.41) is 6.82. The fourth-order valence-corrected chi connectivity index (χ4v) is 3.29. The Hall–Kier alpha value is -1.47. The van der Waals surface area contributed by atoms with E-state index in [1.54, 1.807) is 0 Å². The largest absolute Gasteiger partial charge is 0.376 e. The third kappa shape index (κ3) is 5.27. The van der Waals surface area contributed by atoms with Gasteiger partial charge in [0, 0.05) is 25.5 Å². The van der Waals surface area contributed by atoms with Gasteiger partial charge in [-0.2, -0.15) is 4.98 Å². The third-order valence-electron chi connectivity index (χ3n) is 4.67. The number of rotatable bonds is 8. The van der Waals surface area contributed by atoms with Crippen molar-refractivity contribution in [1.29, 1.82) is 0 Å². The molecule has 1 saturated heterocycles. The van der Waals surface area contributed by atoms with Gasteiger partial charge >= 0.3 is 0 Å². The molecule has 2 heterocycles. The van der Waals surface area contributed by atoms with Crippen LogP contribution < -0.4 is 5.32 Å². The van der Waals surface area contributed by atoms with Crippen molar-refractivity contribution in [3.05, 3.63) is 11.7 Å². The zero-order chi connectivity index (χ0) is 16.6. The number of nitrogens with one attached hydrogen (secondary N) is 1. The van der Waals surface area contributed by atoms with Crippen LogP contribution in [0.1, 0.15) is 62.6 Å². The van der Waals surface area contributed by atoms with Crippen molar-refractivity contribution in [2.24, 2.45) is 0 Å². The van der Waals surface area contributed by atoms with Crippen LogP contribution in [-0.2, 0) is 20.7 Å². The Labute approximate surface area is 142 Å². The first kappa shape index (κ1) is 17.4. The minimum absolute atomic E-state index is 0.0689. The van der Waals surface area contributed by atoms with Gasteiger partial charge < -0.3 is 19.3 Å². The van der Waals surface area contributed by atoms with Gasteiger partial charge in [-0.3, -0.25) is 4.79 Å². The van der Waals surface area contributed by atoms with E-state index in [1.807, 2.05) is 0 Å². The predicted octanol–water partition coefficient (Wildman–Crippen LogP) is 1.97. The van der Waals surface area contributed by atoms with Crippen LogP contribution in [0.4, 0.5) is 0 Å². The zero-order valence-electron chi connectivity index (χ0n) is 14.2. The van der Waals surface area contributed by atoms with Crippen molar-refractivity contribution in [1.82, 2.24) is 15.5 Å². The van der Waals surface area contributed by atoms with Crippen molar-refractivity contribution in [3.63, 3.8) is 0 Å². The van der Waals surface area contributed by atoms with Gasteiger partial charge in [-0.15, -0.1) is 0 Å². The van der Waals surface area contributed by atoms with E-state index in [2.05, 4.69) is 15.5 Å². The molecule has 1 aromatic rings. The molecule has 24 heavy (non-hydrogen) atoms. The summed E-state index contributed by atoms with van der Waals surface area (Å²) in [6.07, 6.45) is 8.79. The second-order valence-electron chi connectivity index (χ2n) is 6.63. The normalized spacial score (nSPS) is 21.9. The molecule has 1 amide bonds. The van der Waals surface area contributed by atoms with Gasteiger partial charge in [0.05, 0.1) is 12.7 Å². The molecule has 1 aliphatic heterocycles. The van der Waals surface area contributed by atoms with Gasteiger partial charge in [0.15, 0.2) is 5.82 Å². The standard InChI is InChI=1S/C17H27N3O4/c21-16(12-22-11-14-7-3-4-10-23-14)18-9-8-15-19-17(24-20-15)13-5-1-2-6-13/h13-14H,1-12H2,(H,18,21). The number of aromatic nitrogens is 2. The molecule has 3 rings (SSSR count). The van der Waals surface area contributed by atoms with Crippen LogP contribution in [-0.4, -0.2) is 48.5 Å². The number of nitrogens with zero attached hydrogens (tertiary/aromatic N) is 2. The maximum atomic E-state index is 11.7. The summed E-state index contributed by atoms with van der Waals surface area (Å²) >= 11 is 0. The van der Waals surface area contributed by atoms with E-state index in [0.29, 0.717) is 31.3 Å². The number of ether oxygens (including phenoxy) is 2. The first-order valence-electron chi connectivity index (χ1n) is 9.10. The minimum Gasteiger partial charge on any atom is -0.376 e. The third-order valence-corrected chi connectivity index (χ3v) is 4.67. The summed E-state index contributed by atoms with van der Waals surface area (Å²) in [6.45, 7) is 1.85. The van der Waals surface area contributed by atoms with Gasteiger partial charge in [0.25, 0.3) is 0 Å². The highest BCUT2D eigenvalue weighted by molar-refractivity contribution is 5.77. The number of carbonyl (C=O) groups excluding carboxylic acids is 1. The Balaban J connectivity index is 1.27. The summed E-state index contributed by atoms with van der Waals surface area (Å²) in [5.74, 6) is 1.72. The van der Waals surface area contributed by atoms with Crippen LogP contribution in [0.25, 0.3) is 0 Å². The molecule has 2 fully saturated rings. The zero-order valence-corrected chi connectivity index (χ0v) is 14.2. The van der Waals surface area contributed by atoms with Crippen molar-refractivity contribution in [3.8, 4) is 0 Å². The van der Waals surface area contributed by atoms with E-state index in [1.165, 1.54) is 19.3 Å². The molecule has 7 nitrogen and oxygen atoms in total. The molecule has 2 aliphatic rings. The van der Waals surface area contributed by atoms with E-state index in [0.717, 1.165) is 38.2 Å². The smallest absolute Gasteiger partial charge is 0.246 e. The molecule has 1 aliphatic carbocycles. The minimum atomic E-state index is -0.120. The Morgan fingerprint density at radius 1 is 1.21 bits per heavy atom. The average molecular weight is 337 g/mol. The van der Waals surface area contributed by atoms with Gasteiger partial charge in [-0.05, 0) is 32.1 Å². The molecule has 1 unspecified atom stereocenters. The molecule has 0 bridgehead atoms. The van der Waals surface area contributed by atoms with Crippen LogP contribution in [0.3, 0.4) is 0 Å². The molecule has 1 saturated carbocycles. The Morgan fingerprint density at radius 2 is 2.04 bits per heavy atom. The molecule has 1 atom stereocenters. The van der Waals surface area contributed by atoms with Gasteiger partial charge in [-0.1, -0.05) is 18.0 Å². The molecule has 7 heteroatoms. The highest BCUT2D eigenvalue weighted by Crippen LogP contribution is 2.32. The van der Waals surface area contributed by atoms with E-state index >= 15 is 0 Å². The highest BCUT2D eigenvalue weighted by Gasteiger charge is 2.22. The number of carbonyl (C=O) groups is 1. The van der Waals surface area contributed by atoms with Crippen molar-refractivity contribution >= 4 is 5.91 Å². The molecular weight excluding hydrogens is 310 g/mol. The first-order chi connectivity index (χ1) is 11.8. The lowest BCUT2D eigenvalue weighted by Crippen LogP contribution is -2.32. The van der Waals surface area contributed by atoms with Crippen molar-refractivity contribution < 1.29 is 18.8 Å². The fourth-order valence-electron chi connectivity index (χ4n) is 3.29. The van der Waals surface area contributed by atoms with Crippen LogP contribution >= 0.6 is 0 Å². The number of amides is 1. The Kier molecular flexibility index (Phi) is 6.60. The highest BCUT2D eigenvalue weighted by atomic mass is 16.5. The SMILES string of the molecule is O=C(COCC1CCCCO1)NCCc1noc(C2CCCC2)n1. The van der Waals surface area contributed by atoms with E-state index < -0.39 is 0 Å². The lowest BCUT2D eigenvalue weighted by molar-refractivity contribution is -0.127. The lowest BCUT2D eigenvalue weighted by atomic mass is 10.1. The van der Waals surface area contributed by atoms with Crippen LogP contribution in [0.2, 0.25) is 0 Å². The van der Waals surface area contributed by atoms with Crippen molar-refractivity contribution in [2.75, 3.05) is 26.4 Å². The predicted molar refractivity (Wildman–Crippen MR) is 86.6 cm³/mol. The molecule has 0 aromatic carbocycles. The van der Waals surface area contributed by atoms with E-state index in [4.69, 9.17) is 14.0 Å². The molecule has 0 radical (unpaired) electrons. The number of hydrogen-bond acceptors (Lipinski definition) is 6. The molecule has 134 valence electrons. The Bertz CT molecular complexity index is 508. The second kappa shape index (κ2) is 9.13. The van der Waals surface area contributed by atoms with Gasteiger partial charge in [-0.25, -0.2) is 0 Å². The summed E-state index contributed by atoms with van der Waals surface area (Å²) < 4.78 is 16.3. The molecule has 0 spiro atoms.